The molecule has 1 aromatic carbocycles. The summed E-state index contributed by atoms with van der Waals surface area (Å²) in [7, 11) is 0. The molecular weight excluding hydrogens is 301 g/mol. The molecule has 1 rings (SSSR count). The fourth-order valence-electron chi connectivity index (χ4n) is 1.52. The molecule has 4 nitrogen and oxygen atoms in total. The Kier molecular flexibility index (Phi) is 6.55. The van der Waals surface area contributed by atoms with Crippen molar-refractivity contribution < 1.29 is 14.7 Å². The first kappa shape index (κ1) is 16.5. The van der Waals surface area contributed by atoms with Crippen molar-refractivity contribution in [1.29, 1.82) is 0 Å². The third-order valence-electron chi connectivity index (χ3n) is 2.58. The number of carboxylic acids is 1. The summed E-state index contributed by atoms with van der Waals surface area (Å²) >= 11 is 11.8. The number of carbonyl (C=O) groups excluding carboxylic acids is 1. The molecule has 0 aliphatic heterocycles. The van der Waals surface area contributed by atoms with Gasteiger partial charge in [-0.1, -0.05) is 35.3 Å². The zero-order valence-electron chi connectivity index (χ0n) is 10.9. The molecule has 108 valence electrons. The molecule has 1 unspecified atom stereocenters. The Bertz CT molecular complexity index is 529. The van der Waals surface area contributed by atoms with Crippen molar-refractivity contribution in [1.82, 2.24) is 5.32 Å². The van der Waals surface area contributed by atoms with Crippen LogP contribution in [-0.4, -0.2) is 23.0 Å². The highest BCUT2D eigenvalue weighted by atomic mass is 35.5. The molecule has 1 aromatic rings. The van der Waals surface area contributed by atoms with Crippen LogP contribution in [0.3, 0.4) is 0 Å². The lowest BCUT2D eigenvalue weighted by molar-refractivity contribution is -0.137. The minimum Gasteiger partial charge on any atom is -0.481 e. The first-order valence-electron chi connectivity index (χ1n) is 6.04. The summed E-state index contributed by atoms with van der Waals surface area (Å²) < 4.78 is 0. The molecule has 0 saturated carbocycles. The van der Waals surface area contributed by atoms with Crippen LogP contribution in [-0.2, 0) is 9.59 Å². The molecular formula is C14H15Cl2NO3. The van der Waals surface area contributed by atoms with E-state index < -0.39 is 5.97 Å². The van der Waals surface area contributed by atoms with Gasteiger partial charge < -0.3 is 10.4 Å². The average molecular weight is 316 g/mol. The summed E-state index contributed by atoms with van der Waals surface area (Å²) in [6.45, 7) is 1.75. The normalized spacial score (nSPS) is 12.3. The molecule has 1 atom stereocenters. The number of amides is 1. The van der Waals surface area contributed by atoms with Crippen molar-refractivity contribution in [3.63, 3.8) is 0 Å². The van der Waals surface area contributed by atoms with E-state index in [0.717, 1.165) is 0 Å². The highest BCUT2D eigenvalue weighted by Crippen LogP contribution is 2.26. The van der Waals surface area contributed by atoms with E-state index in [0.29, 0.717) is 22.0 Å². The Morgan fingerprint density at radius 3 is 2.75 bits per heavy atom. The number of aliphatic carboxylic acids is 1. The van der Waals surface area contributed by atoms with E-state index >= 15 is 0 Å². The monoisotopic (exact) mass is 315 g/mol. The van der Waals surface area contributed by atoms with Crippen LogP contribution in [0.1, 0.15) is 25.3 Å². The highest BCUT2D eigenvalue weighted by Gasteiger charge is 2.07. The van der Waals surface area contributed by atoms with Gasteiger partial charge in [0.05, 0.1) is 10.0 Å². The summed E-state index contributed by atoms with van der Waals surface area (Å²) in [5.41, 5.74) is 0.646. The molecule has 2 N–H and O–H groups in total. The first-order chi connectivity index (χ1) is 9.40. The van der Waals surface area contributed by atoms with E-state index in [-0.39, 0.29) is 18.4 Å². The minimum atomic E-state index is -0.882. The van der Waals surface area contributed by atoms with Gasteiger partial charge in [-0.2, -0.15) is 0 Å². The number of carboxylic acid groups (broad SMARTS) is 1. The highest BCUT2D eigenvalue weighted by molar-refractivity contribution is 6.42. The van der Waals surface area contributed by atoms with Crippen LogP contribution >= 0.6 is 23.2 Å². The van der Waals surface area contributed by atoms with Gasteiger partial charge in [-0.15, -0.1) is 0 Å². The lowest BCUT2D eigenvalue weighted by Gasteiger charge is -2.10. The quantitative estimate of drug-likeness (QED) is 0.791. The minimum absolute atomic E-state index is 0.0191. The van der Waals surface area contributed by atoms with Crippen molar-refractivity contribution in [3.8, 4) is 0 Å². The summed E-state index contributed by atoms with van der Waals surface area (Å²) in [5, 5.41) is 12.0. The molecule has 0 aliphatic rings. The van der Waals surface area contributed by atoms with Gasteiger partial charge in [-0.3, -0.25) is 9.59 Å². The SMILES string of the molecule is CC(CCC(=O)O)NC(=O)C=Cc1cccc(Cl)c1Cl. The maximum atomic E-state index is 11.6. The van der Waals surface area contributed by atoms with Crippen LogP contribution in [0.25, 0.3) is 6.08 Å². The molecule has 0 saturated heterocycles. The fraction of sp³-hybridized carbons (Fsp3) is 0.286. The van der Waals surface area contributed by atoms with Crippen molar-refractivity contribution in [3.05, 3.63) is 39.9 Å². The zero-order chi connectivity index (χ0) is 15.1. The van der Waals surface area contributed by atoms with Crippen LogP contribution < -0.4 is 5.32 Å². The molecule has 0 fully saturated rings. The van der Waals surface area contributed by atoms with Gasteiger partial charge in [0, 0.05) is 18.5 Å². The lowest BCUT2D eigenvalue weighted by atomic mass is 10.1. The molecule has 6 heteroatoms. The molecule has 20 heavy (non-hydrogen) atoms. The molecule has 0 aliphatic carbocycles. The van der Waals surface area contributed by atoms with E-state index in [1.54, 1.807) is 31.2 Å². The van der Waals surface area contributed by atoms with Gasteiger partial charge in [0.1, 0.15) is 0 Å². The van der Waals surface area contributed by atoms with E-state index in [9.17, 15) is 9.59 Å². The molecule has 0 bridgehead atoms. The summed E-state index contributed by atoms with van der Waals surface area (Å²) in [5.74, 6) is -1.19. The third-order valence-corrected chi connectivity index (χ3v) is 3.41. The predicted molar refractivity (Wildman–Crippen MR) is 80.0 cm³/mol. The maximum absolute atomic E-state index is 11.6. The second kappa shape index (κ2) is 7.92. The Hall–Kier alpha value is -1.52. The summed E-state index contributed by atoms with van der Waals surface area (Å²) in [4.78, 5) is 22.1. The molecule has 1 amide bonds. The van der Waals surface area contributed by atoms with Crippen molar-refractivity contribution >= 4 is 41.2 Å². The smallest absolute Gasteiger partial charge is 0.303 e. The van der Waals surface area contributed by atoms with E-state index in [4.69, 9.17) is 28.3 Å². The van der Waals surface area contributed by atoms with Crippen LogP contribution in [0.4, 0.5) is 0 Å². The Morgan fingerprint density at radius 2 is 2.10 bits per heavy atom. The summed E-state index contributed by atoms with van der Waals surface area (Å²) in [6, 6.07) is 4.93. The largest absolute Gasteiger partial charge is 0.481 e. The standard InChI is InChI=1S/C14H15Cl2NO3/c1-9(5-8-13(19)20)17-12(18)7-6-10-3-2-4-11(15)14(10)16/h2-4,6-7,9H,5,8H2,1H3,(H,17,18)(H,19,20). The number of benzene rings is 1. The van der Waals surface area contributed by atoms with Crippen LogP contribution in [0, 0.1) is 0 Å². The summed E-state index contributed by atoms with van der Waals surface area (Å²) in [6.07, 6.45) is 3.31. The van der Waals surface area contributed by atoms with Gasteiger partial charge in [-0.05, 0) is 31.1 Å². The van der Waals surface area contributed by atoms with Crippen LogP contribution in [0.5, 0.6) is 0 Å². The Labute approximate surface area is 127 Å². The Balaban J connectivity index is 2.55. The number of hydrogen-bond donors (Lipinski definition) is 2. The third kappa shape index (κ3) is 5.63. The van der Waals surface area contributed by atoms with E-state index in [2.05, 4.69) is 5.32 Å². The fourth-order valence-corrected chi connectivity index (χ4v) is 1.89. The second-order valence-electron chi connectivity index (χ2n) is 4.32. The second-order valence-corrected chi connectivity index (χ2v) is 5.10. The topological polar surface area (TPSA) is 66.4 Å². The predicted octanol–water partition coefficient (Wildman–Crippen LogP) is 3.38. The molecule has 0 radical (unpaired) electrons. The Morgan fingerprint density at radius 1 is 1.40 bits per heavy atom. The van der Waals surface area contributed by atoms with Gasteiger partial charge >= 0.3 is 5.97 Å². The number of rotatable bonds is 6. The number of hydrogen-bond acceptors (Lipinski definition) is 2. The van der Waals surface area contributed by atoms with Gasteiger partial charge in [0.2, 0.25) is 5.91 Å². The maximum Gasteiger partial charge on any atom is 0.303 e. The van der Waals surface area contributed by atoms with E-state index in [1.807, 2.05) is 0 Å². The van der Waals surface area contributed by atoms with Crippen molar-refractivity contribution in [2.45, 2.75) is 25.8 Å². The zero-order valence-corrected chi connectivity index (χ0v) is 12.4. The number of nitrogens with one attached hydrogen (secondary N) is 1. The molecule has 0 heterocycles. The molecule has 0 spiro atoms. The lowest BCUT2D eigenvalue weighted by Crippen LogP contribution is -2.31. The van der Waals surface area contributed by atoms with Gasteiger partial charge in [-0.25, -0.2) is 0 Å². The van der Waals surface area contributed by atoms with Gasteiger partial charge in [0.25, 0.3) is 0 Å². The van der Waals surface area contributed by atoms with Crippen LogP contribution in [0.2, 0.25) is 10.0 Å². The first-order valence-corrected chi connectivity index (χ1v) is 6.80. The van der Waals surface area contributed by atoms with E-state index in [1.165, 1.54) is 6.08 Å². The van der Waals surface area contributed by atoms with Crippen LogP contribution in [0.15, 0.2) is 24.3 Å². The number of halogens is 2. The van der Waals surface area contributed by atoms with Crippen molar-refractivity contribution in [2.24, 2.45) is 0 Å². The van der Waals surface area contributed by atoms with Crippen molar-refractivity contribution in [2.75, 3.05) is 0 Å². The number of carbonyl (C=O) groups is 2. The molecule has 0 aromatic heterocycles. The van der Waals surface area contributed by atoms with Gasteiger partial charge in [0.15, 0.2) is 0 Å². The average Bonchev–Trinajstić information content (AvgIpc) is 2.38.